The highest BCUT2D eigenvalue weighted by Gasteiger charge is 2.55. The van der Waals surface area contributed by atoms with E-state index in [1.165, 1.54) is 4.90 Å². The van der Waals surface area contributed by atoms with Crippen molar-refractivity contribution in [3.05, 3.63) is 76.8 Å². The summed E-state index contributed by atoms with van der Waals surface area (Å²) in [5.41, 5.74) is 1.82. The van der Waals surface area contributed by atoms with E-state index in [4.69, 9.17) is 16.0 Å². The Bertz CT molecular complexity index is 1090. The fourth-order valence-corrected chi connectivity index (χ4v) is 4.13. The number of urea groups is 1. The fourth-order valence-electron chi connectivity index (χ4n) is 4.00. The van der Waals surface area contributed by atoms with Crippen molar-refractivity contribution in [1.82, 2.24) is 15.2 Å². The Morgan fingerprint density at radius 1 is 1.14 bits per heavy atom. The summed E-state index contributed by atoms with van der Waals surface area (Å²) in [6.45, 7) is -0.0117. The van der Waals surface area contributed by atoms with Crippen LogP contribution in [-0.4, -0.2) is 21.8 Å². The van der Waals surface area contributed by atoms with Crippen LogP contribution in [0.2, 0.25) is 5.02 Å². The number of aryl methyl sites for hydroxylation is 1. The van der Waals surface area contributed by atoms with Crippen molar-refractivity contribution in [3.8, 4) is 11.3 Å². The number of hydrogen-bond donors (Lipinski definition) is 1. The Balaban J connectivity index is 1.40. The Morgan fingerprint density at radius 2 is 1.93 bits per heavy atom. The van der Waals surface area contributed by atoms with E-state index in [0.717, 1.165) is 23.1 Å². The Hall–Kier alpha value is -3.12. The highest BCUT2D eigenvalue weighted by Crippen LogP contribution is 2.41. The molecule has 0 unspecified atom stereocenters. The van der Waals surface area contributed by atoms with Crippen LogP contribution in [0, 0.1) is 0 Å². The molecule has 1 fully saturated rings. The normalized spacial score (nSPS) is 20.7. The second-order valence-corrected chi connectivity index (χ2v) is 7.45. The lowest BCUT2D eigenvalue weighted by molar-refractivity contribution is -0.132. The summed E-state index contributed by atoms with van der Waals surface area (Å²) in [4.78, 5) is 31.2. The Morgan fingerprint density at radius 3 is 2.75 bits per heavy atom. The van der Waals surface area contributed by atoms with Crippen molar-refractivity contribution in [3.63, 3.8) is 0 Å². The molecule has 2 aromatic carbocycles. The molecule has 0 saturated carbocycles. The number of oxazole rings is 1. The van der Waals surface area contributed by atoms with Gasteiger partial charge in [0.25, 0.3) is 5.91 Å². The average Bonchev–Trinajstić information content (AvgIpc) is 3.37. The smallest absolute Gasteiger partial charge is 0.325 e. The highest BCUT2D eigenvalue weighted by molar-refractivity contribution is 6.30. The zero-order valence-corrected chi connectivity index (χ0v) is 15.6. The van der Waals surface area contributed by atoms with Crippen LogP contribution in [0.25, 0.3) is 11.3 Å². The van der Waals surface area contributed by atoms with Gasteiger partial charge in [0.1, 0.15) is 12.1 Å². The Labute approximate surface area is 166 Å². The van der Waals surface area contributed by atoms with E-state index < -0.39 is 11.6 Å². The molecular weight excluding hydrogens is 378 g/mol. The molecule has 140 valence electrons. The number of carbonyl (C=O) groups excluding carboxylic acids is 2. The number of halogens is 1. The van der Waals surface area contributed by atoms with Crippen LogP contribution in [0.15, 0.2) is 59.1 Å². The predicted molar refractivity (Wildman–Crippen MR) is 102 cm³/mol. The molecule has 1 aliphatic carbocycles. The number of aromatic nitrogens is 1. The number of amides is 3. The molecule has 3 aromatic rings. The van der Waals surface area contributed by atoms with Crippen LogP contribution in [-0.2, 0) is 23.3 Å². The fraction of sp³-hybridized carbons (Fsp3) is 0.190. The molecule has 2 aliphatic rings. The average molecular weight is 394 g/mol. The zero-order valence-electron chi connectivity index (χ0n) is 14.8. The maximum absolute atomic E-state index is 13.2. The SMILES string of the molecule is O=C1N[C@@]2(CCc3ccccc32)C(=O)N1Cc1ncc(-c2ccc(Cl)cc2)o1. The molecule has 3 amide bonds. The van der Waals surface area contributed by atoms with E-state index in [9.17, 15) is 9.59 Å². The molecule has 6 nitrogen and oxygen atoms in total. The van der Waals surface area contributed by atoms with Gasteiger partial charge >= 0.3 is 6.03 Å². The summed E-state index contributed by atoms with van der Waals surface area (Å²) >= 11 is 5.91. The first-order valence-electron chi connectivity index (χ1n) is 9.00. The molecule has 0 radical (unpaired) electrons. The van der Waals surface area contributed by atoms with E-state index in [0.29, 0.717) is 23.1 Å². The molecule has 1 atom stereocenters. The standard InChI is InChI=1S/C21H16ClN3O3/c22-15-7-5-14(6-8-15)17-11-23-18(28-17)12-25-19(26)21(24-20(25)27)10-9-13-3-1-2-4-16(13)21/h1-8,11H,9-10,12H2,(H,24,27)/t21-/m1/s1. The van der Waals surface area contributed by atoms with Gasteiger partial charge in [-0.1, -0.05) is 35.9 Å². The number of fused-ring (bicyclic) bond motifs is 2. The minimum absolute atomic E-state index is 0.0117. The van der Waals surface area contributed by atoms with Gasteiger partial charge in [0.15, 0.2) is 5.76 Å². The van der Waals surface area contributed by atoms with Crippen molar-refractivity contribution in [1.29, 1.82) is 0 Å². The summed E-state index contributed by atoms with van der Waals surface area (Å²) in [7, 11) is 0. The Kier molecular flexibility index (Phi) is 3.77. The van der Waals surface area contributed by atoms with E-state index >= 15 is 0 Å². The topological polar surface area (TPSA) is 75.4 Å². The largest absolute Gasteiger partial charge is 0.439 e. The van der Waals surface area contributed by atoms with E-state index in [-0.39, 0.29) is 12.5 Å². The summed E-state index contributed by atoms with van der Waals surface area (Å²) in [6.07, 6.45) is 2.91. The maximum Gasteiger partial charge on any atom is 0.325 e. The number of benzene rings is 2. The van der Waals surface area contributed by atoms with Gasteiger partial charge < -0.3 is 9.73 Å². The molecule has 1 N–H and O–H groups in total. The number of nitrogens with one attached hydrogen (secondary N) is 1. The molecule has 2 heterocycles. The first kappa shape index (κ1) is 17.0. The van der Waals surface area contributed by atoms with Gasteiger partial charge in [-0.15, -0.1) is 0 Å². The van der Waals surface area contributed by atoms with Crippen LogP contribution in [0.3, 0.4) is 0 Å². The zero-order chi connectivity index (χ0) is 19.3. The third-order valence-corrected chi connectivity index (χ3v) is 5.65. The summed E-state index contributed by atoms with van der Waals surface area (Å²) in [5, 5.41) is 3.53. The second kappa shape index (κ2) is 6.21. The van der Waals surface area contributed by atoms with Crippen molar-refractivity contribution in [2.24, 2.45) is 0 Å². The minimum Gasteiger partial charge on any atom is -0.439 e. The molecular formula is C21H16ClN3O3. The lowest BCUT2D eigenvalue weighted by atomic mass is 9.92. The quantitative estimate of drug-likeness (QED) is 0.685. The van der Waals surface area contributed by atoms with Crippen LogP contribution in [0.4, 0.5) is 4.79 Å². The first-order valence-corrected chi connectivity index (χ1v) is 9.38. The molecule has 1 saturated heterocycles. The third kappa shape index (κ3) is 2.52. The van der Waals surface area contributed by atoms with Gasteiger partial charge in [-0.3, -0.25) is 9.69 Å². The van der Waals surface area contributed by atoms with Crippen molar-refractivity contribution >= 4 is 23.5 Å². The molecule has 28 heavy (non-hydrogen) atoms. The monoisotopic (exact) mass is 393 g/mol. The minimum atomic E-state index is -0.973. The second-order valence-electron chi connectivity index (χ2n) is 7.01. The van der Waals surface area contributed by atoms with Crippen LogP contribution in [0.5, 0.6) is 0 Å². The third-order valence-electron chi connectivity index (χ3n) is 5.40. The predicted octanol–water partition coefficient (Wildman–Crippen LogP) is 3.89. The maximum atomic E-state index is 13.2. The van der Waals surface area contributed by atoms with E-state index in [2.05, 4.69) is 10.3 Å². The van der Waals surface area contributed by atoms with Gasteiger partial charge in [-0.05, 0) is 48.2 Å². The van der Waals surface area contributed by atoms with Gasteiger partial charge in [0, 0.05) is 10.6 Å². The van der Waals surface area contributed by atoms with Crippen LogP contribution < -0.4 is 5.32 Å². The number of hydrogen-bond acceptors (Lipinski definition) is 4. The van der Waals surface area contributed by atoms with Crippen molar-refractivity contribution in [2.45, 2.75) is 24.9 Å². The lowest BCUT2D eigenvalue weighted by Crippen LogP contribution is -2.41. The number of imide groups is 1. The molecule has 1 aliphatic heterocycles. The summed E-state index contributed by atoms with van der Waals surface area (Å²) < 4.78 is 5.76. The lowest BCUT2D eigenvalue weighted by Gasteiger charge is -2.22. The summed E-state index contributed by atoms with van der Waals surface area (Å²) in [5.74, 6) is 0.602. The van der Waals surface area contributed by atoms with Crippen molar-refractivity contribution in [2.75, 3.05) is 0 Å². The molecule has 5 rings (SSSR count). The van der Waals surface area contributed by atoms with Crippen LogP contribution >= 0.6 is 11.6 Å². The van der Waals surface area contributed by atoms with E-state index in [1.807, 2.05) is 36.4 Å². The van der Waals surface area contributed by atoms with Crippen LogP contribution in [0.1, 0.15) is 23.4 Å². The molecule has 1 spiro atoms. The summed E-state index contributed by atoms with van der Waals surface area (Å²) in [6, 6.07) is 14.5. The number of nitrogens with zero attached hydrogens (tertiary/aromatic N) is 2. The highest BCUT2D eigenvalue weighted by atomic mass is 35.5. The molecule has 7 heteroatoms. The van der Waals surface area contributed by atoms with Gasteiger partial charge in [-0.25, -0.2) is 9.78 Å². The molecule has 1 aromatic heterocycles. The van der Waals surface area contributed by atoms with Gasteiger partial charge in [-0.2, -0.15) is 0 Å². The van der Waals surface area contributed by atoms with Crippen molar-refractivity contribution < 1.29 is 14.0 Å². The number of carbonyl (C=O) groups is 2. The number of rotatable bonds is 3. The first-order chi connectivity index (χ1) is 13.6. The van der Waals surface area contributed by atoms with Gasteiger partial charge in [0.05, 0.1) is 6.20 Å². The molecule has 0 bridgehead atoms. The van der Waals surface area contributed by atoms with Gasteiger partial charge in [0.2, 0.25) is 5.89 Å². The van der Waals surface area contributed by atoms with E-state index in [1.54, 1.807) is 18.3 Å².